The highest BCUT2D eigenvalue weighted by atomic mass is 19.1. The summed E-state index contributed by atoms with van der Waals surface area (Å²) >= 11 is 0. The first kappa shape index (κ1) is 14.1. The van der Waals surface area contributed by atoms with Gasteiger partial charge in [-0.15, -0.1) is 0 Å². The molecule has 0 radical (unpaired) electrons. The van der Waals surface area contributed by atoms with E-state index in [1.165, 1.54) is 24.5 Å². The average molecular weight is 285 g/mol. The van der Waals surface area contributed by atoms with Crippen LogP contribution in [0.25, 0.3) is 0 Å². The van der Waals surface area contributed by atoms with E-state index in [1.54, 1.807) is 6.07 Å². The number of halogens is 1. The Morgan fingerprint density at radius 2 is 1.86 bits per heavy atom. The van der Waals surface area contributed by atoms with Crippen molar-refractivity contribution in [2.75, 3.05) is 6.61 Å². The van der Waals surface area contributed by atoms with E-state index in [-0.39, 0.29) is 5.82 Å². The Morgan fingerprint density at radius 1 is 1.05 bits per heavy atom. The highest BCUT2D eigenvalue weighted by Gasteiger charge is 2.20. The molecule has 0 bridgehead atoms. The summed E-state index contributed by atoms with van der Waals surface area (Å²) in [6, 6.07) is 15.7. The topological polar surface area (TPSA) is 21.3 Å². The zero-order valence-corrected chi connectivity index (χ0v) is 12.0. The first-order valence-corrected chi connectivity index (χ1v) is 7.49. The van der Waals surface area contributed by atoms with Crippen LogP contribution in [0.4, 0.5) is 4.39 Å². The molecule has 110 valence electrons. The molecular formula is C18H20FNO. The molecule has 1 aliphatic carbocycles. The minimum Gasteiger partial charge on any atom is -0.493 e. The number of nitrogens with one attached hydrogen (secondary N) is 1. The summed E-state index contributed by atoms with van der Waals surface area (Å²) in [5, 5.41) is 3.39. The molecule has 1 saturated carbocycles. The summed E-state index contributed by atoms with van der Waals surface area (Å²) in [6.07, 6.45) is 3.29. The molecule has 1 N–H and O–H groups in total. The largest absolute Gasteiger partial charge is 0.493 e. The maximum Gasteiger partial charge on any atom is 0.127 e. The molecule has 1 aliphatic rings. The third kappa shape index (κ3) is 4.57. The molecule has 2 nitrogen and oxygen atoms in total. The molecule has 0 saturated heterocycles. The molecular weight excluding hydrogens is 265 g/mol. The van der Waals surface area contributed by atoms with Crippen molar-refractivity contribution >= 4 is 0 Å². The molecule has 0 unspecified atom stereocenters. The molecule has 0 aliphatic heterocycles. The molecule has 0 aromatic heterocycles. The Labute approximate surface area is 125 Å². The molecule has 0 spiro atoms. The van der Waals surface area contributed by atoms with Crippen LogP contribution in [0.5, 0.6) is 5.75 Å². The zero-order chi connectivity index (χ0) is 14.5. The Bertz CT molecular complexity index is 581. The molecule has 0 amide bonds. The minimum absolute atomic E-state index is 0.236. The van der Waals surface area contributed by atoms with E-state index in [4.69, 9.17) is 4.74 Å². The Hall–Kier alpha value is -1.87. The van der Waals surface area contributed by atoms with Gasteiger partial charge in [-0.2, -0.15) is 0 Å². The second-order valence-electron chi connectivity index (χ2n) is 5.53. The molecule has 3 heteroatoms. The molecule has 3 rings (SSSR count). The van der Waals surface area contributed by atoms with Gasteiger partial charge in [0.2, 0.25) is 0 Å². The van der Waals surface area contributed by atoms with E-state index in [0.29, 0.717) is 24.9 Å². The van der Waals surface area contributed by atoms with E-state index >= 15 is 0 Å². The summed E-state index contributed by atoms with van der Waals surface area (Å²) in [7, 11) is 0. The van der Waals surface area contributed by atoms with Crippen LogP contribution in [0, 0.1) is 5.82 Å². The monoisotopic (exact) mass is 285 g/mol. The summed E-state index contributed by atoms with van der Waals surface area (Å²) in [6.45, 7) is 1.26. The van der Waals surface area contributed by atoms with Gasteiger partial charge in [-0.05, 0) is 36.1 Å². The summed E-state index contributed by atoms with van der Waals surface area (Å²) < 4.78 is 19.3. The van der Waals surface area contributed by atoms with Gasteiger partial charge < -0.3 is 10.1 Å². The predicted molar refractivity (Wildman–Crippen MR) is 81.9 cm³/mol. The van der Waals surface area contributed by atoms with Crippen molar-refractivity contribution < 1.29 is 9.13 Å². The zero-order valence-electron chi connectivity index (χ0n) is 12.0. The maximum atomic E-state index is 13.6. The molecule has 0 heterocycles. The van der Waals surface area contributed by atoms with E-state index in [0.717, 1.165) is 12.0 Å². The van der Waals surface area contributed by atoms with Crippen LogP contribution < -0.4 is 10.1 Å². The van der Waals surface area contributed by atoms with E-state index in [9.17, 15) is 4.39 Å². The SMILES string of the molecule is Fc1cc(CNC2CC2)cc(OCCc2ccccc2)c1. The molecule has 0 atom stereocenters. The van der Waals surface area contributed by atoms with Crippen molar-refractivity contribution in [1.29, 1.82) is 0 Å². The third-order valence-electron chi connectivity index (χ3n) is 3.61. The lowest BCUT2D eigenvalue weighted by Gasteiger charge is -2.09. The van der Waals surface area contributed by atoms with Gasteiger partial charge in [-0.3, -0.25) is 0 Å². The third-order valence-corrected chi connectivity index (χ3v) is 3.61. The van der Waals surface area contributed by atoms with Crippen molar-refractivity contribution in [2.45, 2.75) is 31.8 Å². The van der Waals surface area contributed by atoms with Gasteiger partial charge in [0.25, 0.3) is 0 Å². The minimum atomic E-state index is -0.236. The molecule has 2 aromatic rings. The fraction of sp³-hybridized carbons (Fsp3) is 0.333. The fourth-order valence-corrected chi connectivity index (χ4v) is 2.29. The Kier molecular flexibility index (Phi) is 4.51. The van der Waals surface area contributed by atoms with E-state index < -0.39 is 0 Å². The standard InChI is InChI=1S/C18H20FNO/c19-16-10-15(13-20-17-6-7-17)11-18(12-16)21-9-8-14-4-2-1-3-5-14/h1-5,10-12,17,20H,6-9,13H2. The normalized spacial score (nSPS) is 14.1. The van der Waals surface area contributed by atoms with Gasteiger partial charge in [0.15, 0.2) is 0 Å². The number of hydrogen-bond acceptors (Lipinski definition) is 2. The highest BCUT2D eigenvalue weighted by molar-refractivity contribution is 5.30. The predicted octanol–water partition coefficient (Wildman–Crippen LogP) is 3.70. The summed E-state index contributed by atoms with van der Waals surface area (Å²) in [5.74, 6) is 0.373. The highest BCUT2D eigenvalue weighted by Crippen LogP contribution is 2.21. The lowest BCUT2D eigenvalue weighted by atomic mass is 10.2. The van der Waals surface area contributed by atoms with Crippen LogP contribution in [0.2, 0.25) is 0 Å². The van der Waals surface area contributed by atoms with E-state index in [2.05, 4.69) is 17.4 Å². The number of benzene rings is 2. The second-order valence-corrected chi connectivity index (χ2v) is 5.53. The fourth-order valence-electron chi connectivity index (χ4n) is 2.29. The first-order chi connectivity index (χ1) is 10.3. The summed E-state index contributed by atoms with van der Waals surface area (Å²) in [5.41, 5.74) is 2.17. The maximum absolute atomic E-state index is 13.6. The number of rotatable bonds is 7. The van der Waals surface area contributed by atoms with Crippen LogP contribution >= 0.6 is 0 Å². The van der Waals surface area contributed by atoms with Crippen molar-refractivity contribution in [1.82, 2.24) is 5.32 Å². The molecule has 2 aromatic carbocycles. The lowest BCUT2D eigenvalue weighted by molar-refractivity contribution is 0.319. The van der Waals surface area contributed by atoms with Gasteiger partial charge >= 0.3 is 0 Å². The van der Waals surface area contributed by atoms with Crippen LogP contribution in [-0.4, -0.2) is 12.6 Å². The first-order valence-electron chi connectivity index (χ1n) is 7.49. The molecule has 21 heavy (non-hydrogen) atoms. The molecule has 1 fully saturated rings. The van der Waals surface area contributed by atoms with Gasteiger partial charge in [0.1, 0.15) is 11.6 Å². The van der Waals surface area contributed by atoms with Crippen molar-refractivity contribution in [3.05, 3.63) is 65.5 Å². The van der Waals surface area contributed by atoms with Crippen LogP contribution in [0.15, 0.2) is 48.5 Å². The van der Waals surface area contributed by atoms with Crippen LogP contribution in [0.3, 0.4) is 0 Å². The van der Waals surface area contributed by atoms with Gasteiger partial charge in [0, 0.05) is 25.1 Å². The average Bonchev–Trinajstić information content (AvgIpc) is 3.30. The Morgan fingerprint density at radius 3 is 2.62 bits per heavy atom. The van der Waals surface area contributed by atoms with Gasteiger partial charge in [-0.1, -0.05) is 30.3 Å². The van der Waals surface area contributed by atoms with E-state index in [1.807, 2.05) is 24.3 Å². The Balaban J connectivity index is 1.54. The van der Waals surface area contributed by atoms with Gasteiger partial charge in [-0.25, -0.2) is 4.39 Å². The van der Waals surface area contributed by atoms with Crippen molar-refractivity contribution in [3.63, 3.8) is 0 Å². The van der Waals surface area contributed by atoms with Gasteiger partial charge in [0.05, 0.1) is 6.61 Å². The second kappa shape index (κ2) is 6.72. The quantitative estimate of drug-likeness (QED) is 0.837. The lowest BCUT2D eigenvalue weighted by Crippen LogP contribution is -2.15. The number of ether oxygens (including phenoxy) is 1. The van der Waals surface area contributed by atoms with Crippen molar-refractivity contribution in [2.24, 2.45) is 0 Å². The smallest absolute Gasteiger partial charge is 0.127 e. The van der Waals surface area contributed by atoms with Crippen LogP contribution in [0.1, 0.15) is 24.0 Å². The number of hydrogen-bond donors (Lipinski definition) is 1. The summed E-state index contributed by atoms with van der Waals surface area (Å²) in [4.78, 5) is 0. The van der Waals surface area contributed by atoms with Crippen LogP contribution in [-0.2, 0) is 13.0 Å². The van der Waals surface area contributed by atoms with Crippen molar-refractivity contribution in [3.8, 4) is 5.75 Å².